The van der Waals surface area contributed by atoms with E-state index in [0.29, 0.717) is 18.1 Å². The van der Waals surface area contributed by atoms with E-state index in [-0.39, 0.29) is 11.5 Å². The van der Waals surface area contributed by atoms with E-state index in [1.807, 2.05) is 0 Å². The molecular formula is C10H14N4O3S2. The Morgan fingerprint density at radius 2 is 2.21 bits per heavy atom. The minimum Gasteiger partial charge on any atom is -0.382 e. The van der Waals surface area contributed by atoms with Crippen LogP contribution in [-0.2, 0) is 9.84 Å². The van der Waals surface area contributed by atoms with Crippen molar-refractivity contribution in [2.45, 2.75) is 5.37 Å². The fraction of sp³-hybridized carbons (Fsp3) is 0.500. The summed E-state index contributed by atoms with van der Waals surface area (Å²) in [6.07, 6.45) is 3.68. The summed E-state index contributed by atoms with van der Waals surface area (Å²) in [6.45, 7) is 0.382. The molecular weight excluding hydrogens is 288 g/mol. The Balaban J connectivity index is 2.27. The molecule has 1 aliphatic rings. The van der Waals surface area contributed by atoms with Gasteiger partial charge in [-0.1, -0.05) is 0 Å². The maximum Gasteiger partial charge on any atom is 0.275 e. The molecule has 0 aromatic carbocycles. The molecule has 1 saturated heterocycles. The molecule has 1 amide bonds. The average molecular weight is 302 g/mol. The van der Waals surface area contributed by atoms with Gasteiger partial charge in [0.05, 0.1) is 12.4 Å². The molecule has 0 radical (unpaired) electrons. The second kappa shape index (κ2) is 5.33. The Labute approximate surface area is 115 Å². The number of carbonyl (C=O) groups excluding carboxylic acids is 1. The summed E-state index contributed by atoms with van der Waals surface area (Å²) in [7, 11) is -3.32. The quantitative estimate of drug-likeness (QED) is 0.793. The number of sulfone groups is 1. The van der Waals surface area contributed by atoms with Crippen LogP contribution in [0.25, 0.3) is 0 Å². The zero-order valence-corrected chi connectivity index (χ0v) is 11.9. The van der Waals surface area contributed by atoms with E-state index >= 15 is 0 Å². The molecule has 9 heteroatoms. The van der Waals surface area contributed by atoms with Gasteiger partial charge in [-0.15, -0.1) is 0 Å². The van der Waals surface area contributed by atoms with Crippen molar-refractivity contribution in [1.82, 2.24) is 14.9 Å². The van der Waals surface area contributed by atoms with Gasteiger partial charge in [0.1, 0.15) is 16.9 Å². The van der Waals surface area contributed by atoms with E-state index in [9.17, 15) is 13.2 Å². The van der Waals surface area contributed by atoms with E-state index in [2.05, 4.69) is 9.97 Å². The molecule has 2 rings (SSSR count). The number of anilines is 1. The number of hydrogen-bond donors (Lipinski definition) is 1. The normalized spacial score (nSPS) is 20.3. The van der Waals surface area contributed by atoms with Crippen molar-refractivity contribution in [2.75, 3.05) is 30.0 Å². The van der Waals surface area contributed by atoms with Crippen LogP contribution in [0.15, 0.2) is 12.4 Å². The zero-order valence-electron chi connectivity index (χ0n) is 10.3. The van der Waals surface area contributed by atoms with E-state index in [4.69, 9.17) is 5.73 Å². The predicted molar refractivity (Wildman–Crippen MR) is 73.4 cm³/mol. The Morgan fingerprint density at radius 3 is 2.79 bits per heavy atom. The lowest BCUT2D eigenvalue weighted by molar-refractivity contribution is 0.0743. The number of carbonyl (C=O) groups is 1. The minimum atomic E-state index is -3.32. The Bertz CT molecular complexity index is 573. The summed E-state index contributed by atoms with van der Waals surface area (Å²) in [4.78, 5) is 21.3. The predicted octanol–water partition coefficient (Wildman–Crippen LogP) is -0.381. The molecule has 0 saturated carbocycles. The molecule has 104 valence electrons. The topological polar surface area (TPSA) is 106 Å². The van der Waals surface area contributed by atoms with E-state index in [0.717, 1.165) is 6.26 Å². The summed E-state index contributed by atoms with van der Waals surface area (Å²) in [5, 5.41) is -0.807. The highest BCUT2D eigenvalue weighted by Crippen LogP contribution is 2.21. The first-order valence-electron chi connectivity index (χ1n) is 5.54. The fourth-order valence-corrected chi connectivity index (χ4v) is 4.58. The summed E-state index contributed by atoms with van der Waals surface area (Å²) in [5.74, 6) is 0.876. The SMILES string of the molecule is CS(=O)(=O)C1CSCCN1C(=O)c1cnc(N)cn1. The first-order valence-corrected chi connectivity index (χ1v) is 8.65. The highest BCUT2D eigenvalue weighted by atomic mass is 32.2. The first kappa shape index (κ1) is 14.1. The summed E-state index contributed by atoms with van der Waals surface area (Å²) in [6, 6.07) is 0. The van der Waals surface area contributed by atoms with Crippen molar-refractivity contribution < 1.29 is 13.2 Å². The number of nitrogen functional groups attached to an aromatic ring is 1. The highest BCUT2D eigenvalue weighted by Gasteiger charge is 2.35. The minimum absolute atomic E-state index is 0.106. The molecule has 1 atom stereocenters. The lowest BCUT2D eigenvalue weighted by Gasteiger charge is -2.33. The highest BCUT2D eigenvalue weighted by molar-refractivity contribution is 8.00. The van der Waals surface area contributed by atoms with Crippen LogP contribution in [0.4, 0.5) is 5.82 Å². The van der Waals surface area contributed by atoms with Gasteiger partial charge in [-0.2, -0.15) is 11.8 Å². The van der Waals surface area contributed by atoms with Gasteiger partial charge in [0.25, 0.3) is 5.91 Å². The Hall–Kier alpha value is -1.35. The van der Waals surface area contributed by atoms with Crippen LogP contribution in [0.2, 0.25) is 0 Å². The van der Waals surface area contributed by atoms with Gasteiger partial charge < -0.3 is 10.6 Å². The average Bonchev–Trinajstić information content (AvgIpc) is 2.38. The lowest BCUT2D eigenvalue weighted by atomic mass is 10.3. The molecule has 1 fully saturated rings. The third-order valence-electron chi connectivity index (χ3n) is 2.73. The number of amides is 1. The molecule has 1 aromatic heterocycles. The number of rotatable bonds is 2. The number of hydrogen-bond acceptors (Lipinski definition) is 7. The number of thioether (sulfide) groups is 1. The maximum absolute atomic E-state index is 12.3. The number of nitrogens with zero attached hydrogens (tertiary/aromatic N) is 3. The standard InChI is InChI=1S/C10H14N4O3S2/c1-19(16,17)9-6-18-3-2-14(9)10(15)7-4-13-8(11)5-12-7/h4-5,9H,2-3,6H2,1H3,(H2,11,13). The largest absolute Gasteiger partial charge is 0.382 e. The van der Waals surface area contributed by atoms with Crippen molar-refractivity contribution >= 4 is 33.3 Å². The second-order valence-corrected chi connectivity index (χ2v) is 7.54. The van der Waals surface area contributed by atoms with Crippen LogP contribution < -0.4 is 5.73 Å². The second-order valence-electron chi connectivity index (χ2n) is 4.18. The summed E-state index contributed by atoms with van der Waals surface area (Å²) < 4.78 is 23.4. The van der Waals surface area contributed by atoms with Gasteiger partial charge >= 0.3 is 0 Å². The smallest absolute Gasteiger partial charge is 0.275 e. The van der Waals surface area contributed by atoms with Crippen molar-refractivity contribution in [3.05, 3.63) is 18.1 Å². The van der Waals surface area contributed by atoms with Crippen molar-refractivity contribution in [3.63, 3.8) is 0 Å². The molecule has 1 unspecified atom stereocenters. The van der Waals surface area contributed by atoms with Gasteiger partial charge in [0.15, 0.2) is 9.84 Å². The molecule has 7 nitrogen and oxygen atoms in total. The Morgan fingerprint density at radius 1 is 1.47 bits per heavy atom. The van der Waals surface area contributed by atoms with E-state index in [1.54, 1.807) is 0 Å². The van der Waals surface area contributed by atoms with Gasteiger partial charge in [0.2, 0.25) is 0 Å². The van der Waals surface area contributed by atoms with Crippen LogP contribution in [0, 0.1) is 0 Å². The van der Waals surface area contributed by atoms with E-state index in [1.165, 1.54) is 29.1 Å². The molecule has 0 aliphatic carbocycles. The summed E-state index contributed by atoms with van der Waals surface area (Å²) in [5.41, 5.74) is 5.51. The lowest BCUT2D eigenvalue weighted by Crippen LogP contribution is -2.50. The monoisotopic (exact) mass is 302 g/mol. The zero-order chi connectivity index (χ0) is 14.0. The van der Waals surface area contributed by atoms with Crippen molar-refractivity contribution in [1.29, 1.82) is 0 Å². The molecule has 1 aliphatic heterocycles. The van der Waals surface area contributed by atoms with Crippen LogP contribution in [0.1, 0.15) is 10.5 Å². The van der Waals surface area contributed by atoms with Crippen LogP contribution in [-0.4, -0.2) is 58.9 Å². The van der Waals surface area contributed by atoms with Crippen LogP contribution >= 0.6 is 11.8 Å². The van der Waals surface area contributed by atoms with Gasteiger partial charge in [-0.05, 0) is 0 Å². The molecule has 2 N–H and O–H groups in total. The van der Waals surface area contributed by atoms with Crippen molar-refractivity contribution in [2.24, 2.45) is 0 Å². The van der Waals surface area contributed by atoms with Crippen LogP contribution in [0.5, 0.6) is 0 Å². The summed E-state index contributed by atoms with van der Waals surface area (Å²) >= 11 is 1.52. The van der Waals surface area contributed by atoms with Gasteiger partial charge in [-0.3, -0.25) is 4.79 Å². The molecule has 1 aromatic rings. The van der Waals surface area contributed by atoms with Gasteiger partial charge in [0, 0.05) is 24.3 Å². The van der Waals surface area contributed by atoms with E-state index < -0.39 is 21.1 Å². The van der Waals surface area contributed by atoms with Gasteiger partial charge in [-0.25, -0.2) is 18.4 Å². The Kier molecular flexibility index (Phi) is 3.95. The molecule has 19 heavy (non-hydrogen) atoms. The van der Waals surface area contributed by atoms with Crippen molar-refractivity contribution in [3.8, 4) is 0 Å². The first-order chi connectivity index (χ1) is 8.89. The number of aromatic nitrogens is 2. The molecule has 0 bridgehead atoms. The molecule has 0 spiro atoms. The third kappa shape index (κ3) is 3.16. The third-order valence-corrected chi connectivity index (χ3v) is 5.37. The fourth-order valence-electron chi connectivity index (χ4n) is 1.76. The maximum atomic E-state index is 12.3. The van der Waals surface area contributed by atoms with Crippen LogP contribution in [0.3, 0.4) is 0 Å². The molecule has 2 heterocycles. The number of nitrogens with two attached hydrogens (primary N) is 1.